The van der Waals surface area contributed by atoms with Crippen molar-refractivity contribution >= 4 is 11.5 Å². The van der Waals surface area contributed by atoms with Crippen molar-refractivity contribution in [1.29, 1.82) is 0 Å². The van der Waals surface area contributed by atoms with E-state index in [1.165, 1.54) is 12.1 Å². The van der Waals surface area contributed by atoms with Crippen LogP contribution in [-0.4, -0.2) is 16.0 Å². The predicted molar refractivity (Wildman–Crippen MR) is 99.1 cm³/mol. The lowest BCUT2D eigenvalue weighted by Gasteiger charge is -2.05. The molecule has 1 amide bonds. The molecule has 29 heavy (non-hydrogen) atoms. The average molecular weight is 399 g/mol. The first kappa shape index (κ1) is 18.9. The normalized spacial score (nSPS) is 16.1. The zero-order valence-corrected chi connectivity index (χ0v) is 15.3. The van der Waals surface area contributed by atoms with Gasteiger partial charge < -0.3 is 9.84 Å². The second kappa shape index (κ2) is 7.20. The number of carbonyl (C=O) groups excluding carboxylic acids is 1. The zero-order chi connectivity index (χ0) is 20.6. The molecule has 1 aromatic heterocycles. The summed E-state index contributed by atoms with van der Waals surface area (Å²) in [5, 5.41) is 6.52. The van der Waals surface area contributed by atoms with Crippen molar-refractivity contribution in [3.8, 4) is 11.4 Å². The van der Waals surface area contributed by atoms with E-state index in [0.29, 0.717) is 5.56 Å². The maximum absolute atomic E-state index is 12.6. The highest BCUT2D eigenvalue weighted by molar-refractivity contribution is 6.05. The van der Waals surface area contributed by atoms with Crippen LogP contribution in [0.15, 0.2) is 64.7 Å². The third kappa shape index (κ3) is 3.91. The minimum Gasteiger partial charge on any atom is -0.346 e. The molecule has 2 aromatic carbocycles. The van der Waals surface area contributed by atoms with Crippen LogP contribution in [0.2, 0.25) is 0 Å². The molecule has 4 rings (SSSR count). The van der Waals surface area contributed by atoms with Crippen molar-refractivity contribution in [2.45, 2.75) is 19.6 Å². The van der Waals surface area contributed by atoms with Crippen LogP contribution in [0.3, 0.4) is 0 Å². The Morgan fingerprint density at radius 3 is 2.41 bits per heavy atom. The number of hydrogen-bond acceptors (Lipinski definition) is 4. The largest absolute Gasteiger partial charge is 0.416 e. The molecule has 1 aliphatic rings. The standard InChI is InChI=1S/C21H16F3N3O2/c1-12-17(13-5-3-2-4-6-13)18(12)20(28)25-11-16-26-19(27-29-16)14-7-9-15(10-8-14)21(22,23)24/h2-10,18H,11H2,1H3,(H,25,28). The Morgan fingerprint density at radius 2 is 1.76 bits per heavy atom. The first-order chi connectivity index (χ1) is 13.8. The maximum atomic E-state index is 12.6. The fourth-order valence-corrected chi connectivity index (χ4v) is 3.19. The molecule has 0 spiro atoms. The Bertz CT molecular complexity index is 1070. The number of benzene rings is 2. The second-order valence-electron chi connectivity index (χ2n) is 6.70. The van der Waals surface area contributed by atoms with Gasteiger partial charge in [0.2, 0.25) is 17.6 Å². The summed E-state index contributed by atoms with van der Waals surface area (Å²) in [7, 11) is 0. The molecule has 1 unspecified atom stereocenters. The lowest BCUT2D eigenvalue weighted by molar-refractivity contribution is -0.137. The van der Waals surface area contributed by atoms with Crippen LogP contribution in [-0.2, 0) is 17.5 Å². The molecule has 5 nitrogen and oxygen atoms in total. The molecule has 3 aromatic rings. The Hall–Kier alpha value is -3.42. The predicted octanol–water partition coefficient (Wildman–Crippen LogP) is 4.48. The van der Waals surface area contributed by atoms with Gasteiger partial charge in [-0.25, -0.2) is 0 Å². The fraction of sp³-hybridized carbons (Fsp3) is 0.190. The first-order valence-electron chi connectivity index (χ1n) is 8.88. The molecule has 0 fully saturated rings. The van der Waals surface area contributed by atoms with E-state index in [4.69, 9.17) is 4.52 Å². The van der Waals surface area contributed by atoms with Crippen LogP contribution in [0.4, 0.5) is 13.2 Å². The average Bonchev–Trinajstić information content (AvgIpc) is 3.16. The summed E-state index contributed by atoms with van der Waals surface area (Å²) in [5.74, 6) is -0.0909. The van der Waals surface area contributed by atoms with Crippen LogP contribution in [0.1, 0.15) is 23.9 Å². The third-order valence-electron chi connectivity index (χ3n) is 4.76. The van der Waals surface area contributed by atoms with Gasteiger partial charge in [-0.15, -0.1) is 0 Å². The summed E-state index contributed by atoms with van der Waals surface area (Å²) in [6.45, 7) is 1.96. The molecule has 148 valence electrons. The van der Waals surface area contributed by atoms with E-state index in [0.717, 1.165) is 28.8 Å². The molecule has 1 heterocycles. The highest BCUT2D eigenvalue weighted by atomic mass is 19.4. The molecule has 1 aliphatic carbocycles. The highest BCUT2D eigenvalue weighted by Gasteiger charge is 2.39. The second-order valence-corrected chi connectivity index (χ2v) is 6.70. The van der Waals surface area contributed by atoms with Gasteiger partial charge in [0.15, 0.2) is 0 Å². The number of hydrogen-bond donors (Lipinski definition) is 1. The van der Waals surface area contributed by atoms with E-state index in [1.807, 2.05) is 37.3 Å². The van der Waals surface area contributed by atoms with E-state index in [-0.39, 0.29) is 30.1 Å². The maximum Gasteiger partial charge on any atom is 0.416 e. The van der Waals surface area contributed by atoms with Gasteiger partial charge in [-0.2, -0.15) is 18.2 Å². The highest BCUT2D eigenvalue weighted by Crippen LogP contribution is 2.46. The van der Waals surface area contributed by atoms with Gasteiger partial charge in [0.25, 0.3) is 0 Å². The molecule has 1 atom stereocenters. The first-order valence-corrected chi connectivity index (χ1v) is 8.88. The minimum absolute atomic E-state index is 0.0400. The number of nitrogens with one attached hydrogen (secondary N) is 1. The quantitative estimate of drug-likeness (QED) is 0.687. The lowest BCUT2D eigenvalue weighted by Crippen LogP contribution is -2.26. The van der Waals surface area contributed by atoms with Crippen molar-refractivity contribution < 1.29 is 22.5 Å². The van der Waals surface area contributed by atoms with Crippen molar-refractivity contribution in [3.63, 3.8) is 0 Å². The molecular formula is C21H16F3N3O2. The van der Waals surface area contributed by atoms with Crippen LogP contribution < -0.4 is 5.32 Å². The van der Waals surface area contributed by atoms with E-state index < -0.39 is 11.7 Å². The summed E-state index contributed by atoms with van der Waals surface area (Å²) in [6, 6.07) is 14.1. The number of rotatable bonds is 5. The SMILES string of the molecule is CC1=C(c2ccccc2)C1C(=O)NCc1nc(-c2ccc(C(F)(F)F)cc2)no1. The van der Waals surface area contributed by atoms with Crippen LogP contribution >= 0.6 is 0 Å². The van der Waals surface area contributed by atoms with E-state index in [9.17, 15) is 18.0 Å². The van der Waals surface area contributed by atoms with Crippen LogP contribution in [0.5, 0.6) is 0 Å². The van der Waals surface area contributed by atoms with Gasteiger partial charge in [-0.1, -0.05) is 53.2 Å². The molecule has 0 radical (unpaired) electrons. The zero-order valence-electron chi connectivity index (χ0n) is 15.3. The Kier molecular flexibility index (Phi) is 4.70. The number of carbonyl (C=O) groups is 1. The van der Waals surface area contributed by atoms with Gasteiger partial charge in [-0.3, -0.25) is 4.79 Å². The number of nitrogens with zero attached hydrogens (tertiary/aromatic N) is 2. The van der Waals surface area contributed by atoms with Gasteiger partial charge in [0.1, 0.15) is 0 Å². The van der Waals surface area contributed by atoms with E-state index in [2.05, 4.69) is 15.5 Å². The topological polar surface area (TPSA) is 68.0 Å². The van der Waals surface area contributed by atoms with Gasteiger partial charge in [-0.05, 0) is 30.2 Å². The number of alkyl halides is 3. The molecule has 1 N–H and O–H groups in total. The summed E-state index contributed by atoms with van der Waals surface area (Å²) in [6.07, 6.45) is -4.40. The molecule has 8 heteroatoms. The van der Waals surface area contributed by atoms with Crippen LogP contribution in [0, 0.1) is 5.92 Å². The Labute approximate surface area is 164 Å². The molecule has 0 saturated carbocycles. The third-order valence-corrected chi connectivity index (χ3v) is 4.76. The van der Waals surface area contributed by atoms with E-state index >= 15 is 0 Å². The monoisotopic (exact) mass is 399 g/mol. The number of halogens is 3. The van der Waals surface area contributed by atoms with Crippen molar-refractivity contribution in [1.82, 2.24) is 15.5 Å². The molecule has 0 bridgehead atoms. The smallest absolute Gasteiger partial charge is 0.346 e. The molecule has 0 saturated heterocycles. The summed E-state index contributed by atoms with van der Waals surface area (Å²) in [4.78, 5) is 16.6. The van der Waals surface area contributed by atoms with Crippen LogP contribution in [0.25, 0.3) is 17.0 Å². The Morgan fingerprint density at radius 1 is 1.07 bits per heavy atom. The van der Waals surface area contributed by atoms with Gasteiger partial charge in [0.05, 0.1) is 18.0 Å². The molecule has 0 aliphatic heterocycles. The van der Waals surface area contributed by atoms with Crippen molar-refractivity contribution in [3.05, 3.63) is 77.2 Å². The van der Waals surface area contributed by atoms with Gasteiger partial charge >= 0.3 is 6.18 Å². The van der Waals surface area contributed by atoms with Gasteiger partial charge in [0, 0.05) is 5.56 Å². The summed E-state index contributed by atoms with van der Waals surface area (Å²) >= 11 is 0. The number of aromatic nitrogens is 2. The lowest BCUT2D eigenvalue weighted by atomic mass is 10.1. The number of amides is 1. The van der Waals surface area contributed by atoms with E-state index in [1.54, 1.807) is 0 Å². The van der Waals surface area contributed by atoms with Crippen molar-refractivity contribution in [2.24, 2.45) is 5.92 Å². The van der Waals surface area contributed by atoms with Crippen molar-refractivity contribution in [2.75, 3.05) is 0 Å². The fourth-order valence-electron chi connectivity index (χ4n) is 3.19. The summed E-state index contributed by atoms with van der Waals surface area (Å²) < 4.78 is 43.0. The summed E-state index contributed by atoms with van der Waals surface area (Å²) in [5.41, 5.74) is 2.69. The molecular weight excluding hydrogens is 383 g/mol. The minimum atomic E-state index is -4.40. The Balaban J connectivity index is 1.36.